The van der Waals surface area contributed by atoms with E-state index in [1.165, 1.54) is 22.3 Å². The molecule has 0 aromatic heterocycles. The molecule has 0 saturated heterocycles. The van der Waals surface area contributed by atoms with Gasteiger partial charge >= 0.3 is 0 Å². The third-order valence-electron chi connectivity index (χ3n) is 4.25. The monoisotopic (exact) mass is 638 g/mol. The Bertz CT molecular complexity index is 402. The molecule has 0 saturated carbocycles. The zero-order valence-electron chi connectivity index (χ0n) is 17.2. The molecule has 3 heteroatoms. The molecule has 0 nitrogen and oxygen atoms in total. The van der Waals surface area contributed by atoms with Crippen LogP contribution in [-0.2, 0) is 25.8 Å². The van der Waals surface area contributed by atoms with Crippen molar-refractivity contribution < 1.29 is 25.8 Å². The number of hydrogen-bond donors (Lipinski definition) is 0. The maximum atomic E-state index is 3.41. The standard InChI is InChI=1S/2C11H17.2BrH.Hf/c2*1-8(2)10-6-5-7-11(10)9(3)4;;;/h2*6,8-9H,5H2,1-4H3;2*1H;/q2*-1;;;. The fourth-order valence-electron chi connectivity index (χ4n) is 3.13. The topological polar surface area (TPSA) is 0 Å². The Hall–Kier alpha value is 0.790. The molecule has 2 rings (SSSR count). The molecule has 0 aromatic carbocycles. The van der Waals surface area contributed by atoms with Gasteiger partial charge in [0, 0.05) is 25.8 Å². The van der Waals surface area contributed by atoms with Crippen LogP contribution in [0.1, 0.15) is 68.2 Å². The molecule has 0 radical (unpaired) electrons. The zero-order chi connectivity index (χ0) is 16.9. The van der Waals surface area contributed by atoms with Gasteiger partial charge in [-0.1, -0.05) is 79.1 Å². The van der Waals surface area contributed by atoms with Gasteiger partial charge in [-0.25, -0.2) is 11.1 Å². The van der Waals surface area contributed by atoms with E-state index >= 15 is 0 Å². The quantitative estimate of drug-likeness (QED) is 0.217. The summed E-state index contributed by atoms with van der Waals surface area (Å²) in [6, 6.07) is 0. The summed E-state index contributed by atoms with van der Waals surface area (Å²) in [6.07, 6.45) is 13.5. The molecule has 0 amide bonds. The molecule has 144 valence electrons. The fraction of sp³-hybridized carbons (Fsp3) is 0.636. The van der Waals surface area contributed by atoms with Crippen molar-refractivity contribution in [3.8, 4) is 0 Å². The molecule has 2 aliphatic rings. The summed E-state index contributed by atoms with van der Waals surface area (Å²) in [4.78, 5) is 0. The second kappa shape index (κ2) is 14.8. The minimum atomic E-state index is 0. The Morgan fingerprint density at radius 1 is 0.600 bits per heavy atom. The van der Waals surface area contributed by atoms with Crippen molar-refractivity contribution in [2.45, 2.75) is 68.2 Å². The molecular weight excluding hydrogens is 603 g/mol. The Kier molecular flexibility index (Phi) is 18.1. The van der Waals surface area contributed by atoms with Gasteiger partial charge in [-0.05, 0) is 0 Å². The maximum Gasteiger partial charge on any atom is 0 e. The van der Waals surface area contributed by atoms with E-state index in [4.69, 9.17) is 0 Å². The summed E-state index contributed by atoms with van der Waals surface area (Å²) in [6.45, 7) is 18.0. The second-order valence-corrected chi connectivity index (χ2v) is 7.53. The summed E-state index contributed by atoms with van der Waals surface area (Å²) in [5, 5.41) is 0. The van der Waals surface area contributed by atoms with Gasteiger partial charge in [0.2, 0.25) is 0 Å². The van der Waals surface area contributed by atoms with E-state index in [1.807, 2.05) is 0 Å². The van der Waals surface area contributed by atoms with Crippen molar-refractivity contribution in [1.29, 1.82) is 0 Å². The second-order valence-electron chi connectivity index (χ2n) is 7.53. The molecule has 0 aromatic rings. The van der Waals surface area contributed by atoms with E-state index in [9.17, 15) is 0 Å². The minimum Gasteiger partial charge on any atom is -0.269 e. The van der Waals surface area contributed by atoms with Crippen molar-refractivity contribution in [2.75, 3.05) is 0 Å². The van der Waals surface area contributed by atoms with Gasteiger partial charge in [-0.3, -0.25) is 12.2 Å². The van der Waals surface area contributed by atoms with Crippen molar-refractivity contribution in [3.63, 3.8) is 0 Å². The van der Waals surface area contributed by atoms with E-state index in [-0.39, 0.29) is 59.8 Å². The number of allylic oxidation sites excluding steroid dienone is 8. The first-order chi connectivity index (χ1) is 10.3. The normalized spacial score (nSPS) is 15.5. The molecule has 0 unspecified atom stereocenters. The van der Waals surface area contributed by atoms with Crippen LogP contribution in [0, 0.1) is 35.8 Å². The third-order valence-corrected chi connectivity index (χ3v) is 4.25. The molecule has 2 aliphatic carbocycles. The Labute approximate surface area is 197 Å². The molecule has 25 heavy (non-hydrogen) atoms. The first kappa shape index (κ1) is 30.5. The molecule has 0 heterocycles. The van der Waals surface area contributed by atoms with Crippen molar-refractivity contribution in [2.24, 2.45) is 23.7 Å². The molecular formula is C22H36Br2Hf-2. The van der Waals surface area contributed by atoms with Crippen LogP contribution in [0.25, 0.3) is 0 Å². The van der Waals surface area contributed by atoms with Gasteiger partial charge in [-0.2, -0.15) is 23.3 Å². The number of rotatable bonds is 4. The molecule has 0 atom stereocenters. The third kappa shape index (κ3) is 9.51. The van der Waals surface area contributed by atoms with Gasteiger partial charge in [0.25, 0.3) is 0 Å². The van der Waals surface area contributed by atoms with Crippen molar-refractivity contribution in [3.05, 3.63) is 46.6 Å². The summed E-state index contributed by atoms with van der Waals surface area (Å²) in [7, 11) is 0. The van der Waals surface area contributed by atoms with E-state index in [1.54, 1.807) is 0 Å². The Morgan fingerprint density at radius 2 is 0.880 bits per heavy atom. The molecule has 0 fully saturated rings. The number of halogens is 2. The van der Waals surface area contributed by atoms with Crippen LogP contribution in [0.5, 0.6) is 0 Å². The van der Waals surface area contributed by atoms with Gasteiger partial charge in [0.15, 0.2) is 0 Å². The molecule has 0 aliphatic heterocycles. The first-order valence-corrected chi connectivity index (χ1v) is 8.87. The fourth-order valence-corrected chi connectivity index (χ4v) is 3.13. The van der Waals surface area contributed by atoms with Crippen molar-refractivity contribution >= 4 is 34.0 Å². The predicted octanol–water partition coefficient (Wildman–Crippen LogP) is 7.87. The van der Waals surface area contributed by atoms with Gasteiger partial charge in [0.05, 0.1) is 0 Å². The Morgan fingerprint density at radius 3 is 1.04 bits per heavy atom. The van der Waals surface area contributed by atoms with Gasteiger partial charge in [0.1, 0.15) is 0 Å². The maximum absolute atomic E-state index is 3.41. The average Bonchev–Trinajstić information content (AvgIpc) is 3.08. The SMILES string of the molecule is Br.Br.CC(C)C1=[C-]CC=C1C(C)C.CC(C)C1=[C-]CC=C1C(C)C.[Hf]. The molecule has 0 spiro atoms. The minimum absolute atomic E-state index is 0. The van der Waals surface area contributed by atoms with Crippen LogP contribution >= 0.6 is 34.0 Å². The zero-order valence-corrected chi connectivity index (χ0v) is 24.2. The molecule has 0 N–H and O–H groups in total. The van der Waals surface area contributed by atoms with Crippen molar-refractivity contribution in [1.82, 2.24) is 0 Å². The van der Waals surface area contributed by atoms with Crippen LogP contribution in [0.2, 0.25) is 0 Å². The van der Waals surface area contributed by atoms with E-state index < -0.39 is 0 Å². The largest absolute Gasteiger partial charge is 0.269 e. The first-order valence-electron chi connectivity index (χ1n) is 8.87. The Balaban J connectivity index is -0.000000346. The number of hydrogen-bond acceptors (Lipinski definition) is 0. The summed E-state index contributed by atoms with van der Waals surface area (Å²) >= 11 is 0. The average molecular weight is 639 g/mol. The predicted molar refractivity (Wildman–Crippen MR) is 119 cm³/mol. The van der Waals surface area contributed by atoms with E-state index in [2.05, 4.69) is 79.7 Å². The van der Waals surface area contributed by atoms with Crippen LogP contribution in [0.3, 0.4) is 0 Å². The summed E-state index contributed by atoms with van der Waals surface area (Å²) < 4.78 is 0. The summed E-state index contributed by atoms with van der Waals surface area (Å²) in [5.41, 5.74) is 5.92. The van der Waals surface area contributed by atoms with E-state index in [0.29, 0.717) is 23.7 Å². The van der Waals surface area contributed by atoms with E-state index in [0.717, 1.165) is 12.8 Å². The van der Waals surface area contributed by atoms with Crippen LogP contribution in [0.15, 0.2) is 34.4 Å². The van der Waals surface area contributed by atoms with Gasteiger partial charge in [-0.15, -0.1) is 46.8 Å². The molecule has 0 bridgehead atoms. The van der Waals surface area contributed by atoms with Gasteiger partial charge < -0.3 is 0 Å². The van der Waals surface area contributed by atoms with Crippen LogP contribution in [-0.4, -0.2) is 0 Å². The van der Waals surface area contributed by atoms with Crippen LogP contribution < -0.4 is 0 Å². The smallest absolute Gasteiger partial charge is 0 e. The van der Waals surface area contributed by atoms with Crippen LogP contribution in [0.4, 0.5) is 0 Å². The summed E-state index contributed by atoms with van der Waals surface area (Å²) in [5.74, 6) is 2.63.